The summed E-state index contributed by atoms with van der Waals surface area (Å²) in [6.45, 7) is 8.32. The van der Waals surface area contributed by atoms with Crippen molar-refractivity contribution in [3.8, 4) is 0 Å². The summed E-state index contributed by atoms with van der Waals surface area (Å²) in [4.78, 5) is 28.5. The molecule has 0 aromatic carbocycles. The van der Waals surface area contributed by atoms with Gasteiger partial charge in [-0.1, -0.05) is 13.8 Å². The van der Waals surface area contributed by atoms with Gasteiger partial charge in [-0.3, -0.25) is 9.59 Å². The minimum Gasteiger partial charge on any atom is -0.343 e. The minimum atomic E-state index is -0.375. The van der Waals surface area contributed by atoms with Crippen molar-refractivity contribution in [1.29, 1.82) is 0 Å². The quantitative estimate of drug-likeness (QED) is 0.927. The van der Waals surface area contributed by atoms with Crippen LogP contribution in [0, 0.1) is 12.8 Å². The van der Waals surface area contributed by atoms with Crippen LogP contribution in [0.15, 0.2) is 12.1 Å². The smallest absolute Gasteiger partial charge is 0.246 e. The number of hydrogen-bond donors (Lipinski definition) is 1. The molecule has 1 N–H and O–H groups in total. The molecule has 1 aromatic heterocycles. The molecule has 1 fully saturated rings. The Morgan fingerprint density at radius 1 is 1.35 bits per heavy atom. The molecule has 2 unspecified atom stereocenters. The molecule has 0 bridgehead atoms. The molecule has 20 heavy (non-hydrogen) atoms. The first-order valence-electron chi connectivity index (χ1n) is 7.04. The van der Waals surface area contributed by atoms with E-state index in [2.05, 4.69) is 25.2 Å². The second-order valence-corrected chi connectivity index (χ2v) is 7.16. The number of piperazine rings is 1. The third kappa shape index (κ3) is 3.20. The van der Waals surface area contributed by atoms with Crippen molar-refractivity contribution in [1.82, 2.24) is 10.2 Å². The molecule has 2 rings (SSSR count). The Morgan fingerprint density at radius 2 is 2.05 bits per heavy atom. The fourth-order valence-corrected chi connectivity index (χ4v) is 3.47. The summed E-state index contributed by atoms with van der Waals surface area (Å²) in [5, 5.41) is 2.81. The number of carbonyl (C=O) groups is 2. The lowest BCUT2D eigenvalue weighted by Gasteiger charge is -2.36. The first kappa shape index (κ1) is 15.0. The lowest BCUT2D eigenvalue weighted by molar-refractivity contribution is -0.146. The topological polar surface area (TPSA) is 49.4 Å². The number of amides is 2. The molecule has 4 nitrogen and oxygen atoms in total. The highest BCUT2D eigenvalue weighted by Gasteiger charge is 2.36. The van der Waals surface area contributed by atoms with Crippen molar-refractivity contribution in [3.05, 3.63) is 21.9 Å². The summed E-state index contributed by atoms with van der Waals surface area (Å²) in [5.74, 6) is 0.357. The number of carbonyl (C=O) groups excluding carboxylic acids is 2. The van der Waals surface area contributed by atoms with Crippen LogP contribution in [0.3, 0.4) is 0 Å². The summed E-state index contributed by atoms with van der Waals surface area (Å²) in [6, 6.07) is 3.68. The highest BCUT2D eigenvalue weighted by molar-refractivity contribution is 7.12. The maximum atomic E-state index is 12.5. The molecule has 1 aromatic rings. The maximum Gasteiger partial charge on any atom is 0.246 e. The Bertz CT molecular complexity index is 510. The molecule has 2 atom stereocenters. The molecule has 1 aliphatic heterocycles. The third-order valence-electron chi connectivity index (χ3n) is 3.58. The third-order valence-corrected chi connectivity index (χ3v) is 4.75. The summed E-state index contributed by atoms with van der Waals surface area (Å²) in [5.41, 5.74) is 0. The van der Waals surface area contributed by atoms with Crippen molar-refractivity contribution >= 4 is 23.2 Å². The highest BCUT2D eigenvalue weighted by Crippen LogP contribution is 2.29. The van der Waals surface area contributed by atoms with Crippen molar-refractivity contribution in [2.45, 2.75) is 46.2 Å². The minimum absolute atomic E-state index is 0.0388. The van der Waals surface area contributed by atoms with Gasteiger partial charge in [-0.05, 0) is 38.3 Å². The van der Waals surface area contributed by atoms with Crippen LogP contribution in [0.4, 0.5) is 0 Å². The molecule has 1 aliphatic rings. The zero-order valence-electron chi connectivity index (χ0n) is 12.5. The molecule has 1 saturated heterocycles. The van der Waals surface area contributed by atoms with Crippen LogP contribution in [-0.2, 0) is 9.59 Å². The Kier molecular flexibility index (Phi) is 4.48. The molecule has 0 radical (unpaired) electrons. The van der Waals surface area contributed by atoms with Crippen LogP contribution in [0.1, 0.15) is 43.0 Å². The average molecular weight is 294 g/mol. The van der Waals surface area contributed by atoms with E-state index in [-0.39, 0.29) is 30.4 Å². The van der Waals surface area contributed by atoms with E-state index in [1.165, 1.54) is 4.88 Å². The van der Waals surface area contributed by atoms with Gasteiger partial charge in [0.25, 0.3) is 0 Å². The molecule has 2 heterocycles. The van der Waals surface area contributed by atoms with E-state index in [1.807, 2.05) is 19.9 Å². The maximum absolute atomic E-state index is 12.5. The lowest BCUT2D eigenvalue weighted by atomic mass is 10.00. The fourth-order valence-electron chi connectivity index (χ4n) is 2.52. The number of thiophene rings is 1. The predicted octanol–water partition coefficient (Wildman–Crippen LogP) is 2.49. The second-order valence-electron chi connectivity index (χ2n) is 5.84. The van der Waals surface area contributed by atoms with Crippen LogP contribution >= 0.6 is 11.3 Å². The molecule has 110 valence electrons. The number of hydrogen-bond acceptors (Lipinski definition) is 3. The van der Waals surface area contributed by atoms with Crippen LogP contribution in [0.2, 0.25) is 0 Å². The number of nitrogens with zero attached hydrogens (tertiary/aromatic N) is 1. The normalized spacial score (nSPS) is 21.2. The predicted molar refractivity (Wildman–Crippen MR) is 80.6 cm³/mol. The van der Waals surface area contributed by atoms with Gasteiger partial charge in [0.15, 0.2) is 0 Å². The van der Waals surface area contributed by atoms with Crippen LogP contribution < -0.4 is 5.32 Å². The molecule has 2 amide bonds. The van der Waals surface area contributed by atoms with Gasteiger partial charge in [0.1, 0.15) is 12.6 Å². The fraction of sp³-hybridized carbons (Fsp3) is 0.600. The van der Waals surface area contributed by atoms with Gasteiger partial charge in [0.05, 0.1) is 6.04 Å². The number of nitrogens with one attached hydrogen (secondary N) is 1. The molecule has 0 saturated carbocycles. The van der Waals surface area contributed by atoms with Gasteiger partial charge in [-0.15, -0.1) is 11.3 Å². The van der Waals surface area contributed by atoms with Crippen molar-refractivity contribution in [2.24, 2.45) is 5.92 Å². The van der Waals surface area contributed by atoms with E-state index in [1.54, 1.807) is 16.2 Å². The zero-order chi connectivity index (χ0) is 14.9. The summed E-state index contributed by atoms with van der Waals surface area (Å²) < 4.78 is 0. The first-order valence-corrected chi connectivity index (χ1v) is 7.86. The molecular weight excluding hydrogens is 272 g/mol. The van der Waals surface area contributed by atoms with Crippen LogP contribution in [-0.4, -0.2) is 29.3 Å². The summed E-state index contributed by atoms with van der Waals surface area (Å²) in [7, 11) is 0. The first-order chi connectivity index (χ1) is 9.38. The average Bonchev–Trinajstić information content (AvgIpc) is 2.78. The lowest BCUT2D eigenvalue weighted by Crippen LogP contribution is -2.58. The second kappa shape index (κ2) is 5.95. The number of aryl methyl sites for hydroxylation is 1. The van der Waals surface area contributed by atoms with Gasteiger partial charge in [0.2, 0.25) is 11.8 Å². The Morgan fingerprint density at radius 3 is 2.60 bits per heavy atom. The summed E-state index contributed by atoms with van der Waals surface area (Å²) >= 11 is 1.68. The highest BCUT2D eigenvalue weighted by atomic mass is 32.1. The van der Waals surface area contributed by atoms with Gasteiger partial charge in [-0.25, -0.2) is 0 Å². The van der Waals surface area contributed by atoms with E-state index in [0.717, 1.165) is 4.88 Å². The standard InChI is InChI=1S/C15H22N2O2S/c1-9(2)7-12-15(19)17(8-14(18)16-12)11(4)13-6-5-10(3)20-13/h5-6,9,11-12H,7-8H2,1-4H3,(H,16,18). The zero-order valence-corrected chi connectivity index (χ0v) is 13.3. The van der Waals surface area contributed by atoms with Crippen molar-refractivity contribution in [2.75, 3.05) is 6.54 Å². The molecule has 0 spiro atoms. The van der Waals surface area contributed by atoms with E-state index >= 15 is 0 Å². The largest absolute Gasteiger partial charge is 0.343 e. The Balaban J connectivity index is 2.17. The van der Waals surface area contributed by atoms with Crippen molar-refractivity contribution < 1.29 is 9.59 Å². The van der Waals surface area contributed by atoms with Crippen molar-refractivity contribution in [3.63, 3.8) is 0 Å². The molecule has 5 heteroatoms. The Labute approximate surface area is 124 Å². The van der Waals surface area contributed by atoms with E-state index in [9.17, 15) is 9.59 Å². The summed E-state index contributed by atoms with van der Waals surface area (Å²) in [6.07, 6.45) is 0.692. The van der Waals surface area contributed by atoms with E-state index in [4.69, 9.17) is 0 Å². The van der Waals surface area contributed by atoms with Gasteiger partial charge in [-0.2, -0.15) is 0 Å². The van der Waals surface area contributed by atoms with Gasteiger partial charge >= 0.3 is 0 Å². The van der Waals surface area contributed by atoms with Crippen LogP contribution in [0.5, 0.6) is 0 Å². The van der Waals surface area contributed by atoms with Gasteiger partial charge in [0, 0.05) is 9.75 Å². The monoisotopic (exact) mass is 294 g/mol. The Hall–Kier alpha value is -1.36. The molecule has 0 aliphatic carbocycles. The van der Waals surface area contributed by atoms with E-state index in [0.29, 0.717) is 12.3 Å². The van der Waals surface area contributed by atoms with E-state index < -0.39 is 0 Å². The SMILES string of the molecule is Cc1ccc(C(C)N2CC(=O)NC(CC(C)C)C2=O)s1. The molecular formula is C15H22N2O2S. The van der Waals surface area contributed by atoms with Gasteiger partial charge < -0.3 is 10.2 Å². The van der Waals surface area contributed by atoms with Crippen LogP contribution in [0.25, 0.3) is 0 Å². The number of rotatable bonds is 4.